The Balaban J connectivity index is 2.08. The molecule has 84 valence electrons. The SMILES string of the molecule is ClCCc1nnc(Cc2cccc(Cl)c2)o1. The molecular weight excluding hydrogens is 247 g/mol. The lowest BCUT2D eigenvalue weighted by Crippen LogP contribution is -1.87. The fraction of sp³-hybridized carbons (Fsp3) is 0.273. The molecule has 0 saturated carbocycles. The van der Waals surface area contributed by atoms with E-state index in [-0.39, 0.29) is 0 Å². The van der Waals surface area contributed by atoms with E-state index in [4.69, 9.17) is 27.6 Å². The van der Waals surface area contributed by atoms with Gasteiger partial charge in [0.1, 0.15) is 0 Å². The van der Waals surface area contributed by atoms with Gasteiger partial charge in [-0.15, -0.1) is 21.8 Å². The molecule has 1 aromatic heterocycles. The number of benzene rings is 1. The average Bonchev–Trinajstić information content (AvgIpc) is 2.66. The van der Waals surface area contributed by atoms with Gasteiger partial charge in [0.05, 0.1) is 6.42 Å². The summed E-state index contributed by atoms with van der Waals surface area (Å²) in [5.74, 6) is 1.65. The summed E-state index contributed by atoms with van der Waals surface area (Å²) >= 11 is 11.5. The Morgan fingerprint density at radius 3 is 2.75 bits per heavy atom. The molecule has 0 spiro atoms. The van der Waals surface area contributed by atoms with Crippen LogP contribution in [-0.4, -0.2) is 16.1 Å². The lowest BCUT2D eigenvalue weighted by atomic mass is 10.1. The third-order valence-corrected chi connectivity index (χ3v) is 2.49. The highest BCUT2D eigenvalue weighted by Gasteiger charge is 2.06. The minimum absolute atomic E-state index is 0.485. The molecule has 16 heavy (non-hydrogen) atoms. The van der Waals surface area contributed by atoms with E-state index in [1.54, 1.807) is 0 Å². The van der Waals surface area contributed by atoms with Crippen molar-refractivity contribution in [1.82, 2.24) is 10.2 Å². The van der Waals surface area contributed by atoms with Gasteiger partial charge in [0.15, 0.2) is 0 Å². The second kappa shape index (κ2) is 5.32. The highest BCUT2D eigenvalue weighted by molar-refractivity contribution is 6.30. The molecule has 0 atom stereocenters. The van der Waals surface area contributed by atoms with Crippen molar-refractivity contribution in [2.45, 2.75) is 12.8 Å². The van der Waals surface area contributed by atoms with E-state index in [1.807, 2.05) is 24.3 Å². The summed E-state index contributed by atoms with van der Waals surface area (Å²) in [5, 5.41) is 8.54. The highest BCUT2D eigenvalue weighted by atomic mass is 35.5. The number of rotatable bonds is 4. The van der Waals surface area contributed by atoms with Crippen LogP contribution in [0.2, 0.25) is 5.02 Å². The van der Waals surface area contributed by atoms with Gasteiger partial charge in [-0.3, -0.25) is 0 Å². The third kappa shape index (κ3) is 2.97. The molecule has 1 aromatic carbocycles. The number of aryl methyl sites for hydroxylation is 1. The zero-order chi connectivity index (χ0) is 11.4. The minimum atomic E-state index is 0.485. The molecule has 0 fully saturated rings. The lowest BCUT2D eigenvalue weighted by molar-refractivity contribution is 0.463. The van der Waals surface area contributed by atoms with Gasteiger partial charge in [0.2, 0.25) is 11.8 Å². The van der Waals surface area contributed by atoms with Crippen LogP contribution in [0, 0.1) is 0 Å². The minimum Gasteiger partial charge on any atom is -0.425 e. The first-order valence-corrected chi connectivity index (χ1v) is 5.81. The van der Waals surface area contributed by atoms with E-state index in [2.05, 4.69) is 10.2 Å². The van der Waals surface area contributed by atoms with Crippen molar-refractivity contribution in [3.05, 3.63) is 46.6 Å². The number of hydrogen-bond donors (Lipinski definition) is 0. The van der Waals surface area contributed by atoms with E-state index in [1.165, 1.54) is 0 Å². The molecule has 0 aliphatic carbocycles. The molecule has 0 bridgehead atoms. The molecule has 0 amide bonds. The van der Waals surface area contributed by atoms with Crippen LogP contribution in [0.15, 0.2) is 28.7 Å². The maximum atomic E-state index is 5.88. The maximum absolute atomic E-state index is 5.88. The Hall–Kier alpha value is -1.06. The number of halogens is 2. The van der Waals surface area contributed by atoms with Crippen LogP contribution in [0.4, 0.5) is 0 Å². The summed E-state index contributed by atoms with van der Waals surface area (Å²) in [6.45, 7) is 0. The van der Waals surface area contributed by atoms with E-state index in [9.17, 15) is 0 Å². The second-order valence-electron chi connectivity index (χ2n) is 3.34. The van der Waals surface area contributed by atoms with Gasteiger partial charge in [0, 0.05) is 17.3 Å². The van der Waals surface area contributed by atoms with Crippen LogP contribution in [0.3, 0.4) is 0 Å². The number of alkyl halides is 1. The van der Waals surface area contributed by atoms with Gasteiger partial charge >= 0.3 is 0 Å². The second-order valence-corrected chi connectivity index (χ2v) is 4.15. The van der Waals surface area contributed by atoms with Crippen molar-refractivity contribution in [3.8, 4) is 0 Å². The summed E-state index contributed by atoms with van der Waals surface area (Å²) in [4.78, 5) is 0. The number of hydrogen-bond acceptors (Lipinski definition) is 3. The van der Waals surface area contributed by atoms with Crippen LogP contribution >= 0.6 is 23.2 Å². The first-order chi connectivity index (χ1) is 7.78. The van der Waals surface area contributed by atoms with Crippen LogP contribution in [0.5, 0.6) is 0 Å². The molecule has 0 N–H and O–H groups in total. The van der Waals surface area contributed by atoms with Crippen LogP contribution < -0.4 is 0 Å². The zero-order valence-corrected chi connectivity index (χ0v) is 10.0. The molecule has 0 saturated heterocycles. The zero-order valence-electron chi connectivity index (χ0n) is 8.49. The van der Waals surface area contributed by atoms with Crippen LogP contribution in [-0.2, 0) is 12.8 Å². The normalized spacial score (nSPS) is 10.6. The van der Waals surface area contributed by atoms with Crippen molar-refractivity contribution in [2.24, 2.45) is 0 Å². The van der Waals surface area contributed by atoms with E-state index in [0.717, 1.165) is 5.56 Å². The molecule has 2 aromatic rings. The van der Waals surface area contributed by atoms with Gasteiger partial charge in [-0.2, -0.15) is 0 Å². The third-order valence-electron chi connectivity index (χ3n) is 2.06. The summed E-state index contributed by atoms with van der Waals surface area (Å²) in [5.41, 5.74) is 1.05. The molecule has 0 aliphatic heterocycles. The summed E-state index contributed by atoms with van der Waals surface area (Å²) < 4.78 is 5.42. The molecule has 1 heterocycles. The van der Waals surface area contributed by atoms with Gasteiger partial charge in [-0.05, 0) is 17.7 Å². The Morgan fingerprint density at radius 1 is 1.19 bits per heavy atom. The molecule has 0 radical (unpaired) electrons. The fourth-order valence-electron chi connectivity index (χ4n) is 1.36. The average molecular weight is 257 g/mol. The van der Waals surface area contributed by atoms with Crippen molar-refractivity contribution in [3.63, 3.8) is 0 Å². The molecular formula is C11H10Cl2N2O. The quantitative estimate of drug-likeness (QED) is 0.790. The Bertz CT molecular complexity index is 471. The Kier molecular flexibility index (Phi) is 3.80. The molecule has 2 rings (SSSR count). The fourth-order valence-corrected chi connectivity index (χ4v) is 1.74. The van der Waals surface area contributed by atoms with Gasteiger partial charge in [0.25, 0.3) is 0 Å². The van der Waals surface area contributed by atoms with Gasteiger partial charge in [-0.1, -0.05) is 23.7 Å². The first kappa shape index (κ1) is 11.4. The van der Waals surface area contributed by atoms with E-state index in [0.29, 0.717) is 35.5 Å². The number of nitrogens with zero attached hydrogens (tertiary/aromatic N) is 2. The number of aromatic nitrogens is 2. The van der Waals surface area contributed by atoms with Crippen molar-refractivity contribution >= 4 is 23.2 Å². The lowest BCUT2D eigenvalue weighted by Gasteiger charge is -1.96. The first-order valence-electron chi connectivity index (χ1n) is 4.89. The summed E-state index contributed by atoms with van der Waals surface area (Å²) in [6, 6.07) is 7.58. The van der Waals surface area contributed by atoms with Crippen molar-refractivity contribution < 1.29 is 4.42 Å². The Morgan fingerprint density at radius 2 is 2.00 bits per heavy atom. The van der Waals surface area contributed by atoms with Gasteiger partial charge < -0.3 is 4.42 Å². The highest BCUT2D eigenvalue weighted by Crippen LogP contribution is 2.14. The summed E-state index contributed by atoms with van der Waals surface area (Å²) in [6.07, 6.45) is 1.19. The predicted octanol–water partition coefficient (Wildman–Crippen LogP) is 3.10. The monoisotopic (exact) mass is 256 g/mol. The van der Waals surface area contributed by atoms with Crippen LogP contribution in [0.1, 0.15) is 17.3 Å². The van der Waals surface area contributed by atoms with E-state index < -0.39 is 0 Å². The van der Waals surface area contributed by atoms with Crippen LogP contribution in [0.25, 0.3) is 0 Å². The maximum Gasteiger partial charge on any atom is 0.220 e. The van der Waals surface area contributed by atoms with E-state index >= 15 is 0 Å². The molecule has 3 nitrogen and oxygen atoms in total. The van der Waals surface area contributed by atoms with Gasteiger partial charge in [-0.25, -0.2) is 0 Å². The predicted molar refractivity (Wildman–Crippen MR) is 63.0 cm³/mol. The van der Waals surface area contributed by atoms with Crippen molar-refractivity contribution in [2.75, 3.05) is 5.88 Å². The molecule has 0 aliphatic rings. The largest absolute Gasteiger partial charge is 0.425 e. The Labute approximate surface area is 103 Å². The standard InChI is InChI=1S/C11H10Cl2N2O/c12-5-4-10-14-15-11(16-10)7-8-2-1-3-9(13)6-8/h1-3,6H,4-5,7H2. The molecule has 5 heteroatoms. The van der Waals surface area contributed by atoms with Crippen molar-refractivity contribution in [1.29, 1.82) is 0 Å². The molecule has 0 unspecified atom stereocenters. The smallest absolute Gasteiger partial charge is 0.220 e. The summed E-state index contributed by atoms with van der Waals surface area (Å²) in [7, 11) is 0. The topological polar surface area (TPSA) is 38.9 Å².